The van der Waals surface area contributed by atoms with E-state index in [4.69, 9.17) is 0 Å². The number of aromatic nitrogens is 1. The molecule has 0 amide bonds. The number of nitrogens with zero attached hydrogens (tertiary/aromatic N) is 1. The number of hydrogen-bond donors (Lipinski definition) is 0. The summed E-state index contributed by atoms with van der Waals surface area (Å²) in [4.78, 5) is 0. The number of hydrogen-bond acceptors (Lipinski definition) is 2. The van der Waals surface area contributed by atoms with E-state index < -0.39 is 0 Å². The first-order chi connectivity index (χ1) is 5.86. The second-order valence-corrected chi connectivity index (χ2v) is 2.42. The minimum atomic E-state index is -0.256. The first-order valence-electron chi connectivity index (χ1n) is 3.51. The average molecular weight is 163 g/mol. The first kappa shape index (κ1) is 7.03. The summed E-state index contributed by atoms with van der Waals surface area (Å²) >= 11 is 0. The van der Waals surface area contributed by atoms with E-state index in [1.54, 1.807) is 18.3 Å². The molecule has 1 aromatic heterocycles. The van der Waals surface area contributed by atoms with Crippen molar-refractivity contribution in [2.45, 2.75) is 0 Å². The van der Waals surface area contributed by atoms with Gasteiger partial charge in [0.05, 0.1) is 6.20 Å². The van der Waals surface area contributed by atoms with Crippen LogP contribution in [-0.4, -0.2) is 5.16 Å². The van der Waals surface area contributed by atoms with Crippen molar-refractivity contribution in [3.63, 3.8) is 0 Å². The third kappa shape index (κ3) is 1.21. The molecule has 0 aliphatic carbocycles. The zero-order chi connectivity index (χ0) is 8.39. The zero-order valence-electron chi connectivity index (χ0n) is 6.20. The molecular weight excluding hydrogens is 157 g/mol. The van der Waals surface area contributed by atoms with E-state index in [1.807, 2.05) is 0 Å². The molecule has 0 fully saturated rings. The molecule has 0 saturated carbocycles. The molecule has 3 heteroatoms. The molecule has 12 heavy (non-hydrogen) atoms. The smallest absolute Gasteiger partial charge is 0.131 e. The Morgan fingerprint density at radius 1 is 1.25 bits per heavy atom. The molecular formula is C9H6FNO. The number of rotatable bonds is 1. The fraction of sp³-hybridized carbons (Fsp3) is 0. The molecule has 2 rings (SSSR count). The van der Waals surface area contributed by atoms with E-state index in [0.717, 1.165) is 11.1 Å². The van der Waals surface area contributed by atoms with Crippen LogP contribution in [0.25, 0.3) is 11.1 Å². The molecule has 2 aromatic rings. The molecule has 0 spiro atoms. The Morgan fingerprint density at radius 2 is 2.17 bits per heavy atom. The van der Waals surface area contributed by atoms with E-state index in [0.29, 0.717) is 0 Å². The highest BCUT2D eigenvalue weighted by atomic mass is 19.1. The fourth-order valence-corrected chi connectivity index (χ4v) is 1.02. The summed E-state index contributed by atoms with van der Waals surface area (Å²) < 4.78 is 17.3. The van der Waals surface area contributed by atoms with E-state index in [1.165, 1.54) is 18.4 Å². The molecule has 60 valence electrons. The molecule has 0 aliphatic rings. The lowest BCUT2D eigenvalue weighted by molar-refractivity contribution is 0.420. The Hall–Kier alpha value is -1.64. The lowest BCUT2D eigenvalue weighted by Crippen LogP contribution is -1.75. The van der Waals surface area contributed by atoms with E-state index in [9.17, 15) is 4.39 Å². The van der Waals surface area contributed by atoms with Gasteiger partial charge in [-0.1, -0.05) is 17.3 Å². The number of benzene rings is 1. The molecule has 0 atom stereocenters. The van der Waals surface area contributed by atoms with Crippen molar-refractivity contribution in [3.05, 3.63) is 42.5 Å². The zero-order valence-corrected chi connectivity index (χ0v) is 6.20. The van der Waals surface area contributed by atoms with Crippen molar-refractivity contribution >= 4 is 0 Å². The maximum Gasteiger partial charge on any atom is 0.131 e. The molecule has 1 heterocycles. The summed E-state index contributed by atoms with van der Waals surface area (Å²) in [5.41, 5.74) is 1.56. The summed E-state index contributed by atoms with van der Waals surface area (Å²) in [7, 11) is 0. The minimum Gasteiger partial charge on any atom is -0.364 e. The van der Waals surface area contributed by atoms with Gasteiger partial charge in [-0.05, 0) is 17.7 Å². The summed E-state index contributed by atoms with van der Waals surface area (Å²) in [6, 6.07) is 6.29. The van der Waals surface area contributed by atoms with Crippen molar-refractivity contribution in [2.24, 2.45) is 0 Å². The lowest BCUT2D eigenvalue weighted by atomic mass is 10.1. The Bertz CT molecular complexity index is 370. The predicted octanol–water partition coefficient (Wildman–Crippen LogP) is 2.48. The Balaban J connectivity index is 2.48. The van der Waals surface area contributed by atoms with E-state index in [-0.39, 0.29) is 5.82 Å². The average Bonchev–Trinajstić information content (AvgIpc) is 2.56. The Morgan fingerprint density at radius 3 is 2.83 bits per heavy atom. The monoisotopic (exact) mass is 163 g/mol. The van der Waals surface area contributed by atoms with Crippen LogP contribution in [0.4, 0.5) is 4.39 Å². The van der Waals surface area contributed by atoms with Gasteiger partial charge >= 0.3 is 0 Å². The van der Waals surface area contributed by atoms with E-state index in [2.05, 4.69) is 9.68 Å². The standard InChI is InChI=1S/C9H6FNO/c10-9-3-1-2-7(4-9)8-5-11-12-6-8/h1-6H. The van der Waals surface area contributed by atoms with Crippen molar-refractivity contribution < 1.29 is 8.91 Å². The summed E-state index contributed by atoms with van der Waals surface area (Å²) in [5, 5.41) is 3.53. The van der Waals surface area contributed by atoms with Gasteiger partial charge in [-0.2, -0.15) is 0 Å². The molecule has 0 N–H and O–H groups in total. The van der Waals surface area contributed by atoms with Crippen molar-refractivity contribution in [1.29, 1.82) is 0 Å². The van der Waals surface area contributed by atoms with Crippen LogP contribution in [-0.2, 0) is 0 Å². The Labute approximate surface area is 68.6 Å². The third-order valence-corrected chi connectivity index (χ3v) is 1.59. The van der Waals surface area contributed by atoms with Gasteiger partial charge in [0.15, 0.2) is 0 Å². The summed E-state index contributed by atoms with van der Waals surface area (Å²) in [6.45, 7) is 0. The summed E-state index contributed by atoms with van der Waals surface area (Å²) in [6.07, 6.45) is 3.03. The molecule has 2 nitrogen and oxygen atoms in total. The summed E-state index contributed by atoms with van der Waals surface area (Å²) in [5.74, 6) is -0.256. The highest BCUT2D eigenvalue weighted by Gasteiger charge is 1.99. The van der Waals surface area contributed by atoms with Crippen LogP contribution < -0.4 is 0 Å². The second-order valence-electron chi connectivity index (χ2n) is 2.42. The van der Waals surface area contributed by atoms with Crippen molar-refractivity contribution in [3.8, 4) is 11.1 Å². The van der Waals surface area contributed by atoms with Crippen LogP contribution in [0.1, 0.15) is 0 Å². The molecule has 1 aromatic carbocycles. The molecule has 0 radical (unpaired) electrons. The van der Waals surface area contributed by atoms with Gasteiger partial charge in [-0.25, -0.2) is 4.39 Å². The first-order valence-corrected chi connectivity index (χ1v) is 3.51. The highest BCUT2D eigenvalue weighted by molar-refractivity contribution is 5.60. The molecule has 0 bridgehead atoms. The quantitative estimate of drug-likeness (QED) is 0.645. The van der Waals surface area contributed by atoms with Crippen LogP contribution in [0, 0.1) is 5.82 Å². The van der Waals surface area contributed by atoms with Crippen LogP contribution in [0.3, 0.4) is 0 Å². The normalized spacial score (nSPS) is 10.1. The topological polar surface area (TPSA) is 26.0 Å². The van der Waals surface area contributed by atoms with Crippen molar-refractivity contribution in [2.75, 3.05) is 0 Å². The number of halogens is 1. The second kappa shape index (κ2) is 2.77. The van der Waals surface area contributed by atoms with Gasteiger partial charge < -0.3 is 4.52 Å². The van der Waals surface area contributed by atoms with Crippen LogP contribution in [0.5, 0.6) is 0 Å². The SMILES string of the molecule is Fc1cccc(-c2cnoc2)c1. The molecule has 0 aliphatic heterocycles. The largest absolute Gasteiger partial charge is 0.364 e. The molecule has 0 saturated heterocycles. The Kier molecular flexibility index (Phi) is 1.63. The maximum atomic E-state index is 12.7. The van der Waals surface area contributed by atoms with Gasteiger partial charge in [0, 0.05) is 5.56 Å². The van der Waals surface area contributed by atoms with Gasteiger partial charge in [0.2, 0.25) is 0 Å². The van der Waals surface area contributed by atoms with Crippen molar-refractivity contribution in [1.82, 2.24) is 5.16 Å². The van der Waals surface area contributed by atoms with Crippen LogP contribution >= 0.6 is 0 Å². The predicted molar refractivity (Wildman–Crippen MR) is 41.9 cm³/mol. The minimum absolute atomic E-state index is 0.256. The van der Waals surface area contributed by atoms with Gasteiger partial charge in [-0.3, -0.25) is 0 Å². The fourth-order valence-electron chi connectivity index (χ4n) is 1.02. The van der Waals surface area contributed by atoms with Gasteiger partial charge in [0.1, 0.15) is 12.1 Å². The van der Waals surface area contributed by atoms with E-state index >= 15 is 0 Å². The highest BCUT2D eigenvalue weighted by Crippen LogP contribution is 2.18. The maximum absolute atomic E-state index is 12.7. The molecule has 0 unspecified atom stereocenters. The van der Waals surface area contributed by atoms with Gasteiger partial charge in [0.25, 0.3) is 0 Å². The third-order valence-electron chi connectivity index (χ3n) is 1.59. The van der Waals surface area contributed by atoms with Crippen LogP contribution in [0.2, 0.25) is 0 Å². The van der Waals surface area contributed by atoms with Gasteiger partial charge in [-0.15, -0.1) is 0 Å². The lowest BCUT2D eigenvalue weighted by Gasteiger charge is -1.93. The van der Waals surface area contributed by atoms with Crippen LogP contribution in [0.15, 0.2) is 41.2 Å².